The Bertz CT molecular complexity index is 818. The molecule has 2 heterocycles. The third kappa shape index (κ3) is 3.92. The minimum absolute atomic E-state index is 0.270. The summed E-state index contributed by atoms with van der Waals surface area (Å²) in [6.45, 7) is 2.41. The first-order valence-electron chi connectivity index (χ1n) is 7.56. The number of benzene rings is 1. The molecule has 0 atom stereocenters. The Labute approximate surface area is 140 Å². The quantitative estimate of drug-likeness (QED) is 0.756. The van der Waals surface area contributed by atoms with E-state index in [0.717, 1.165) is 16.8 Å². The van der Waals surface area contributed by atoms with Gasteiger partial charge in [-0.3, -0.25) is 9.78 Å². The van der Waals surface area contributed by atoms with Crippen molar-refractivity contribution in [1.82, 2.24) is 20.5 Å². The molecule has 0 fully saturated rings. The molecule has 6 nitrogen and oxygen atoms in total. The Balaban J connectivity index is 1.61. The molecule has 1 amide bonds. The van der Waals surface area contributed by atoms with Crippen LogP contribution in [0.5, 0.6) is 0 Å². The summed E-state index contributed by atoms with van der Waals surface area (Å²) in [4.78, 5) is 16.1. The van der Waals surface area contributed by atoms with E-state index in [9.17, 15) is 4.79 Å². The number of nitrogens with zero attached hydrogens (tertiary/aromatic N) is 3. The largest absolute Gasteiger partial charge is 0.347 e. The summed E-state index contributed by atoms with van der Waals surface area (Å²) >= 11 is 0. The van der Waals surface area contributed by atoms with Gasteiger partial charge in [0, 0.05) is 24.6 Å². The van der Waals surface area contributed by atoms with Crippen LogP contribution in [0.15, 0.2) is 60.9 Å². The molecule has 0 aliphatic rings. The van der Waals surface area contributed by atoms with Crippen molar-refractivity contribution in [3.63, 3.8) is 0 Å². The lowest BCUT2D eigenvalue weighted by Crippen LogP contribution is -2.24. The Morgan fingerprint density at radius 1 is 1.04 bits per heavy atom. The fourth-order valence-corrected chi connectivity index (χ4v) is 2.15. The monoisotopic (exact) mass is 319 g/mol. The highest BCUT2D eigenvalue weighted by atomic mass is 16.1. The van der Waals surface area contributed by atoms with Gasteiger partial charge in [0.2, 0.25) is 0 Å². The molecule has 0 saturated heterocycles. The van der Waals surface area contributed by atoms with Gasteiger partial charge < -0.3 is 10.6 Å². The van der Waals surface area contributed by atoms with E-state index in [1.807, 2.05) is 43.3 Å². The molecule has 0 bridgehead atoms. The molecule has 24 heavy (non-hydrogen) atoms. The summed E-state index contributed by atoms with van der Waals surface area (Å²) in [7, 11) is 0. The van der Waals surface area contributed by atoms with Gasteiger partial charge in [0.25, 0.3) is 5.91 Å². The number of amides is 1. The SMILES string of the molecule is Cc1ccccc1Nc1ccc(C(=O)NCc2cccnc2)nn1. The third-order valence-corrected chi connectivity index (χ3v) is 3.48. The zero-order valence-corrected chi connectivity index (χ0v) is 13.2. The second-order valence-corrected chi connectivity index (χ2v) is 5.29. The van der Waals surface area contributed by atoms with Gasteiger partial charge in [0.15, 0.2) is 11.5 Å². The molecular weight excluding hydrogens is 302 g/mol. The number of hydrogen-bond donors (Lipinski definition) is 2. The van der Waals surface area contributed by atoms with Crippen molar-refractivity contribution < 1.29 is 4.79 Å². The van der Waals surface area contributed by atoms with Gasteiger partial charge in [-0.2, -0.15) is 0 Å². The first-order valence-corrected chi connectivity index (χ1v) is 7.56. The van der Waals surface area contributed by atoms with Gasteiger partial charge >= 0.3 is 0 Å². The summed E-state index contributed by atoms with van der Waals surface area (Å²) < 4.78 is 0. The molecule has 2 N–H and O–H groups in total. The van der Waals surface area contributed by atoms with Crippen LogP contribution in [0.4, 0.5) is 11.5 Å². The highest BCUT2D eigenvalue weighted by Gasteiger charge is 2.08. The van der Waals surface area contributed by atoms with Crippen molar-refractivity contribution in [3.05, 3.63) is 77.7 Å². The molecule has 120 valence electrons. The van der Waals surface area contributed by atoms with Gasteiger partial charge in [-0.15, -0.1) is 10.2 Å². The van der Waals surface area contributed by atoms with Crippen LogP contribution < -0.4 is 10.6 Å². The number of aromatic nitrogens is 3. The standard InChI is InChI=1S/C18H17N5O/c1-13-5-2-3-7-15(13)21-17-9-8-16(22-23-17)18(24)20-12-14-6-4-10-19-11-14/h2-11H,12H2,1H3,(H,20,24)(H,21,23). The van der Waals surface area contributed by atoms with Crippen LogP contribution in [0.25, 0.3) is 0 Å². The van der Waals surface area contributed by atoms with E-state index in [1.54, 1.807) is 24.5 Å². The van der Waals surface area contributed by atoms with Crippen LogP contribution in [0, 0.1) is 6.92 Å². The smallest absolute Gasteiger partial charge is 0.272 e. The van der Waals surface area contributed by atoms with Gasteiger partial charge in [-0.25, -0.2) is 0 Å². The van der Waals surface area contributed by atoms with Crippen molar-refractivity contribution in [2.75, 3.05) is 5.32 Å². The van der Waals surface area contributed by atoms with E-state index >= 15 is 0 Å². The first-order chi connectivity index (χ1) is 11.7. The number of aryl methyl sites for hydroxylation is 1. The lowest BCUT2D eigenvalue weighted by molar-refractivity contribution is 0.0945. The summed E-state index contributed by atoms with van der Waals surface area (Å²) in [5, 5.41) is 14.0. The Morgan fingerprint density at radius 3 is 2.62 bits per heavy atom. The molecule has 1 aromatic carbocycles. The molecule has 0 radical (unpaired) electrons. The van der Waals surface area contributed by atoms with Crippen LogP contribution in [-0.2, 0) is 6.54 Å². The number of rotatable bonds is 5. The Hall–Kier alpha value is -3.28. The van der Waals surface area contributed by atoms with Crippen molar-refractivity contribution in [3.8, 4) is 0 Å². The van der Waals surface area contributed by atoms with E-state index in [1.165, 1.54) is 0 Å². The molecule has 3 rings (SSSR count). The highest BCUT2D eigenvalue weighted by molar-refractivity contribution is 5.92. The lowest BCUT2D eigenvalue weighted by Gasteiger charge is -2.08. The number of carbonyl (C=O) groups is 1. The van der Waals surface area contributed by atoms with Crippen molar-refractivity contribution in [2.24, 2.45) is 0 Å². The maximum Gasteiger partial charge on any atom is 0.272 e. The average Bonchev–Trinajstić information content (AvgIpc) is 2.63. The maximum atomic E-state index is 12.1. The molecule has 2 aromatic heterocycles. The van der Waals surface area contributed by atoms with Crippen molar-refractivity contribution in [1.29, 1.82) is 0 Å². The topological polar surface area (TPSA) is 79.8 Å². The van der Waals surface area contributed by atoms with Crippen LogP contribution in [-0.4, -0.2) is 21.1 Å². The van der Waals surface area contributed by atoms with Crippen LogP contribution in [0.3, 0.4) is 0 Å². The Kier molecular flexibility index (Phi) is 4.76. The van der Waals surface area contributed by atoms with Crippen molar-refractivity contribution >= 4 is 17.4 Å². The zero-order valence-electron chi connectivity index (χ0n) is 13.2. The normalized spacial score (nSPS) is 10.2. The molecule has 6 heteroatoms. The number of hydrogen-bond acceptors (Lipinski definition) is 5. The van der Waals surface area contributed by atoms with Crippen LogP contribution >= 0.6 is 0 Å². The van der Waals surface area contributed by atoms with Gasteiger partial charge in [0.05, 0.1) is 0 Å². The number of carbonyl (C=O) groups excluding carboxylic acids is 1. The zero-order chi connectivity index (χ0) is 16.8. The molecule has 0 unspecified atom stereocenters. The first kappa shape index (κ1) is 15.6. The lowest BCUT2D eigenvalue weighted by atomic mass is 10.2. The van der Waals surface area contributed by atoms with Crippen LogP contribution in [0.1, 0.15) is 21.6 Å². The van der Waals surface area contributed by atoms with Crippen LogP contribution in [0.2, 0.25) is 0 Å². The second kappa shape index (κ2) is 7.32. The number of pyridine rings is 1. The molecule has 0 saturated carbocycles. The van der Waals surface area contributed by atoms with Gasteiger partial charge in [0.1, 0.15) is 0 Å². The second-order valence-electron chi connectivity index (χ2n) is 5.29. The van der Waals surface area contributed by atoms with Gasteiger partial charge in [-0.05, 0) is 42.3 Å². The van der Waals surface area contributed by atoms with Gasteiger partial charge in [-0.1, -0.05) is 24.3 Å². The summed E-state index contributed by atoms with van der Waals surface area (Å²) in [5.41, 5.74) is 3.27. The van der Waals surface area contributed by atoms with E-state index in [4.69, 9.17) is 0 Å². The fourth-order valence-electron chi connectivity index (χ4n) is 2.15. The maximum absolute atomic E-state index is 12.1. The average molecular weight is 319 g/mol. The Morgan fingerprint density at radius 2 is 1.92 bits per heavy atom. The van der Waals surface area contributed by atoms with E-state index in [2.05, 4.69) is 25.8 Å². The summed E-state index contributed by atoms with van der Waals surface area (Å²) in [6, 6.07) is 15.0. The molecular formula is C18H17N5O. The predicted molar refractivity (Wildman–Crippen MR) is 91.9 cm³/mol. The summed E-state index contributed by atoms with van der Waals surface area (Å²) in [6.07, 6.45) is 3.40. The third-order valence-electron chi connectivity index (χ3n) is 3.48. The van der Waals surface area contributed by atoms with E-state index < -0.39 is 0 Å². The fraction of sp³-hybridized carbons (Fsp3) is 0.111. The number of nitrogens with one attached hydrogen (secondary N) is 2. The summed E-state index contributed by atoms with van der Waals surface area (Å²) in [5.74, 6) is 0.321. The number of para-hydroxylation sites is 1. The minimum Gasteiger partial charge on any atom is -0.347 e. The molecule has 0 spiro atoms. The molecule has 3 aromatic rings. The van der Waals surface area contributed by atoms with E-state index in [0.29, 0.717) is 12.4 Å². The number of anilines is 2. The highest BCUT2D eigenvalue weighted by Crippen LogP contribution is 2.17. The van der Waals surface area contributed by atoms with Crippen molar-refractivity contribution in [2.45, 2.75) is 13.5 Å². The van der Waals surface area contributed by atoms with E-state index in [-0.39, 0.29) is 11.6 Å². The minimum atomic E-state index is -0.270. The molecule has 0 aliphatic heterocycles. The predicted octanol–water partition coefficient (Wildman–Crippen LogP) is 2.85. The molecule has 0 aliphatic carbocycles.